The normalized spacial score (nSPS) is 10.3. The molecule has 0 atom stereocenters. The molecule has 0 fully saturated rings. The molecule has 0 saturated heterocycles. The molecule has 0 rings (SSSR count). The number of rotatable bonds is 16. The molecule has 0 spiro atoms. The maximum Gasteiger partial charge on any atom is 2.00 e. The zero-order valence-electron chi connectivity index (χ0n) is 13.9. The van der Waals surface area contributed by atoms with Crippen molar-refractivity contribution < 1.29 is 31.0 Å². The van der Waals surface area contributed by atoms with Gasteiger partial charge in [-0.2, -0.15) is 0 Å². The van der Waals surface area contributed by atoms with E-state index in [0.717, 1.165) is 12.8 Å². The molecule has 0 radical (unpaired) electrons. The van der Waals surface area contributed by atoms with Crippen LogP contribution in [0.5, 0.6) is 0 Å². The zero-order chi connectivity index (χ0) is 14.9. The average Bonchev–Trinajstić information content (AvgIpc) is 2.43. The van der Waals surface area contributed by atoms with Gasteiger partial charge in [0.25, 0.3) is 0 Å². The molecule has 21 heavy (non-hydrogen) atoms. The van der Waals surface area contributed by atoms with E-state index in [1.165, 1.54) is 83.5 Å². The number of carbonyl (C=O) groups is 1. The van der Waals surface area contributed by atoms with Gasteiger partial charge < -0.3 is 9.90 Å². The predicted molar refractivity (Wildman–Crippen MR) is 84.6 cm³/mol. The van der Waals surface area contributed by atoms with Crippen molar-refractivity contribution in [3.8, 4) is 0 Å². The van der Waals surface area contributed by atoms with Gasteiger partial charge in [-0.15, -0.1) is 0 Å². The van der Waals surface area contributed by atoms with Crippen molar-refractivity contribution in [3.05, 3.63) is 0 Å². The first kappa shape index (κ1) is 23.4. The first-order valence-electron chi connectivity index (χ1n) is 8.97. The first-order valence-corrected chi connectivity index (χ1v) is 8.97. The van der Waals surface area contributed by atoms with Gasteiger partial charge in [-0.3, -0.25) is 0 Å². The fourth-order valence-corrected chi connectivity index (χ4v) is 2.64. The number of hydrogen-bond acceptors (Lipinski definition) is 2. The molecular formula is C18H35O2Pt+. The molecule has 0 amide bonds. The summed E-state index contributed by atoms with van der Waals surface area (Å²) in [5, 5.41) is 10.2. The van der Waals surface area contributed by atoms with Crippen LogP contribution in [-0.4, -0.2) is 5.97 Å². The van der Waals surface area contributed by atoms with Gasteiger partial charge in [0.05, 0.1) is 0 Å². The Morgan fingerprint density at radius 3 is 1.19 bits per heavy atom. The summed E-state index contributed by atoms with van der Waals surface area (Å²) >= 11 is 0. The summed E-state index contributed by atoms with van der Waals surface area (Å²) in [6.45, 7) is 2.27. The predicted octanol–water partition coefficient (Wildman–Crippen LogP) is 5.00. The largest absolute Gasteiger partial charge is 2.00 e. The number of carbonyl (C=O) groups excluding carboxylic acids is 1. The third-order valence-corrected chi connectivity index (χ3v) is 3.98. The van der Waals surface area contributed by atoms with Gasteiger partial charge in [-0.05, 0) is 12.8 Å². The third-order valence-electron chi connectivity index (χ3n) is 3.98. The second kappa shape index (κ2) is 20.2. The number of carboxylic acids is 1. The molecule has 0 unspecified atom stereocenters. The van der Waals surface area contributed by atoms with Gasteiger partial charge in [-0.25, -0.2) is 0 Å². The molecule has 0 bridgehead atoms. The van der Waals surface area contributed by atoms with Crippen molar-refractivity contribution in [2.75, 3.05) is 0 Å². The van der Waals surface area contributed by atoms with E-state index in [4.69, 9.17) is 0 Å². The van der Waals surface area contributed by atoms with Crippen LogP contribution in [0.2, 0.25) is 0 Å². The Morgan fingerprint density at radius 1 is 0.619 bits per heavy atom. The summed E-state index contributed by atoms with van der Waals surface area (Å²) in [4.78, 5) is 10.2. The van der Waals surface area contributed by atoms with Crippen LogP contribution in [0.4, 0.5) is 0 Å². The Kier molecular flexibility index (Phi) is 22.5. The second-order valence-corrected chi connectivity index (χ2v) is 6.07. The Balaban J connectivity index is 0. The maximum absolute atomic E-state index is 10.2. The van der Waals surface area contributed by atoms with Crippen LogP contribution < -0.4 is 5.11 Å². The average molecular weight is 479 g/mol. The Morgan fingerprint density at radius 2 is 0.905 bits per heavy atom. The number of carboxylic acid groups (broad SMARTS) is 1. The molecule has 0 aliphatic rings. The minimum Gasteiger partial charge on any atom is -0.550 e. The van der Waals surface area contributed by atoms with E-state index in [-0.39, 0.29) is 27.5 Å². The van der Waals surface area contributed by atoms with Gasteiger partial charge in [0.15, 0.2) is 0 Å². The molecule has 0 aliphatic carbocycles. The molecule has 128 valence electrons. The van der Waals surface area contributed by atoms with Crippen LogP contribution in [0, 0.1) is 0 Å². The van der Waals surface area contributed by atoms with Crippen molar-refractivity contribution in [1.29, 1.82) is 0 Å². The summed E-state index contributed by atoms with van der Waals surface area (Å²) in [6, 6.07) is 0. The number of aliphatic carboxylic acids is 1. The van der Waals surface area contributed by atoms with E-state index < -0.39 is 5.97 Å². The Labute approximate surface area is 146 Å². The van der Waals surface area contributed by atoms with Crippen molar-refractivity contribution in [1.82, 2.24) is 0 Å². The van der Waals surface area contributed by atoms with E-state index in [1.807, 2.05) is 0 Å². The number of hydrogen-bond donors (Lipinski definition) is 0. The van der Waals surface area contributed by atoms with Crippen molar-refractivity contribution >= 4 is 5.97 Å². The SMILES string of the molecule is CCCCCCCCCCCCCCCCCC(=O)[O-].[Pt+2]. The molecule has 0 heterocycles. The fourth-order valence-electron chi connectivity index (χ4n) is 2.64. The first-order chi connectivity index (χ1) is 9.77. The van der Waals surface area contributed by atoms with Gasteiger partial charge in [0, 0.05) is 5.97 Å². The van der Waals surface area contributed by atoms with Crippen LogP contribution in [-0.2, 0) is 25.9 Å². The Bertz CT molecular complexity index is 207. The molecular weight excluding hydrogens is 443 g/mol. The summed E-state index contributed by atoms with van der Waals surface area (Å²) in [7, 11) is 0. The minimum absolute atomic E-state index is 0. The second-order valence-electron chi connectivity index (χ2n) is 6.07. The summed E-state index contributed by atoms with van der Waals surface area (Å²) in [6.07, 6.45) is 19.9. The van der Waals surface area contributed by atoms with Gasteiger partial charge >= 0.3 is 21.1 Å². The topological polar surface area (TPSA) is 40.1 Å². The minimum atomic E-state index is -0.903. The van der Waals surface area contributed by atoms with Gasteiger partial charge in [0.2, 0.25) is 0 Å². The molecule has 0 saturated carbocycles. The van der Waals surface area contributed by atoms with Crippen LogP contribution in [0.3, 0.4) is 0 Å². The quantitative estimate of drug-likeness (QED) is 0.293. The monoisotopic (exact) mass is 478 g/mol. The van der Waals surface area contributed by atoms with E-state index in [1.54, 1.807) is 0 Å². The molecule has 0 aromatic rings. The summed E-state index contributed by atoms with van der Waals surface area (Å²) in [5.41, 5.74) is 0. The number of unbranched alkanes of at least 4 members (excludes halogenated alkanes) is 14. The molecule has 0 aliphatic heterocycles. The summed E-state index contributed by atoms with van der Waals surface area (Å²) < 4.78 is 0. The van der Waals surface area contributed by atoms with Gasteiger partial charge in [0.1, 0.15) is 0 Å². The van der Waals surface area contributed by atoms with Crippen LogP contribution in [0.25, 0.3) is 0 Å². The molecule has 0 aromatic heterocycles. The van der Waals surface area contributed by atoms with E-state index in [2.05, 4.69) is 6.92 Å². The Hall–Kier alpha value is 0.158. The maximum atomic E-state index is 10.2. The molecule has 2 nitrogen and oxygen atoms in total. The fraction of sp³-hybridized carbons (Fsp3) is 0.944. The van der Waals surface area contributed by atoms with Gasteiger partial charge in [-0.1, -0.05) is 96.8 Å². The van der Waals surface area contributed by atoms with E-state index >= 15 is 0 Å². The smallest absolute Gasteiger partial charge is 0.550 e. The van der Waals surface area contributed by atoms with E-state index in [9.17, 15) is 9.90 Å². The van der Waals surface area contributed by atoms with Crippen LogP contribution in [0.15, 0.2) is 0 Å². The molecule has 3 heteroatoms. The molecule has 0 N–H and O–H groups in total. The van der Waals surface area contributed by atoms with Crippen molar-refractivity contribution in [2.45, 2.75) is 110 Å². The summed E-state index contributed by atoms with van der Waals surface area (Å²) in [5.74, 6) is -0.903. The zero-order valence-corrected chi connectivity index (χ0v) is 16.2. The van der Waals surface area contributed by atoms with Crippen molar-refractivity contribution in [3.63, 3.8) is 0 Å². The standard InChI is InChI=1S/C18H36O2.Pt/c1-2-3-4-5-6-7-8-9-10-11-12-13-14-15-16-17-18(19)20;/h2-17H2,1H3,(H,19,20);/q;+2/p-1. The third kappa shape index (κ3) is 22.6. The van der Waals surface area contributed by atoms with Crippen LogP contribution in [0.1, 0.15) is 110 Å². The molecule has 0 aromatic carbocycles. The van der Waals surface area contributed by atoms with Crippen molar-refractivity contribution in [2.24, 2.45) is 0 Å². The van der Waals surface area contributed by atoms with E-state index in [0.29, 0.717) is 0 Å². The van der Waals surface area contributed by atoms with Crippen LogP contribution >= 0.6 is 0 Å².